The number of nitrogens with zero attached hydrogens (tertiary/aromatic N) is 2. The Kier molecular flexibility index (Phi) is 4.51. The van der Waals surface area contributed by atoms with E-state index in [1.165, 1.54) is 6.26 Å². The van der Waals surface area contributed by atoms with E-state index in [0.717, 1.165) is 18.4 Å². The van der Waals surface area contributed by atoms with Gasteiger partial charge in [-0.15, -0.1) is 0 Å². The van der Waals surface area contributed by atoms with Crippen LogP contribution in [0.2, 0.25) is 0 Å². The van der Waals surface area contributed by atoms with Crippen LogP contribution in [0.5, 0.6) is 0 Å². The summed E-state index contributed by atoms with van der Waals surface area (Å²) < 4.78 is 23.5. The van der Waals surface area contributed by atoms with Crippen molar-refractivity contribution >= 4 is 9.84 Å². The van der Waals surface area contributed by atoms with Crippen molar-refractivity contribution in [3.05, 3.63) is 41.5 Å². The standard InChI is InChI=1S/C13H18N4O2S/c1-20(18,19)11-6-3-2-5-10(11)9-13-15-12(16-17-13)7-4-8-14/h2-3,5-6H,4,7-9,14H2,1H3,(H,15,16,17). The minimum absolute atomic E-state index is 0.333. The molecule has 0 aliphatic carbocycles. The topological polar surface area (TPSA) is 102 Å². The van der Waals surface area contributed by atoms with Crippen molar-refractivity contribution in [1.29, 1.82) is 0 Å². The SMILES string of the molecule is CS(=O)(=O)c1ccccc1Cc1nc(CCCN)n[nH]1. The van der Waals surface area contributed by atoms with Crippen LogP contribution in [0.4, 0.5) is 0 Å². The summed E-state index contributed by atoms with van der Waals surface area (Å²) in [7, 11) is -3.24. The number of nitrogens with two attached hydrogens (primary N) is 1. The molecule has 7 heteroatoms. The Balaban J connectivity index is 2.20. The van der Waals surface area contributed by atoms with Gasteiger partial charge in [-0.2, -0.15) is 5.10 Å². The molecule has 0 amide bonds. The van der Waals surface area contributed by atoms with Gasteiger partial charge in [0.05, 0.1) is 4.90 Å². The maximum atomic E-state index is 11.7. The van der Waals surface area contributed by atoms with E-state index in [1.807, 2.05) is 6.07 Å². The summed E-state index contributed by atoms with van der Waals surface area (Å²) in [5.74, 6) is 1.37. The van der Waals surface area contributed by atoms with Gasteiger partial charge in [-0.05, 0) is 24.6 Å². The molecule has 3 N–H and O–H groups in total. The number of aryl methyl sites for hydroxylation is 1. The summed E-state index contributed by atoms with van der Waals surface area (Å²) in [6.07, 6.45) is 3.18. The summed E-state index contributed by atoms with van der Waals surface area (Å²) >= 11 is 0. The monoisotopic (exact) mass is 294 g/mol. The molecule has 6 nitrogen and oxygen atoms in total. The molecule has 1 aromatic carbocycles. The van der Waals surface area contributed by atoms with Crippen LogP contribution in [0.15, 0.2) is 29.2 Å². The molecule has 0 atom stereocenters. The smallest absolute Gasteiger partial charge is 0.175 e. The zero-order chi connectivity index (χ0) is 14.6. The van der Waals surface area contributed by atoms with E-state index in [1.54, 1.807) is 18.2 Å². The Labute approximate surface area is 118 Å². The van der Waals surface area contributed by atoms with Crippen molar-refractivity contribution in [2.24, 2.45) is 5.73 Å². The highest BCUT2D eigenvalue weighted by Gasteiger charge is 2.14. The molecule has 1 aromatic heterocycles. The summed E-state index contributed by atoms with van der Waals surface area (Å²) in [5.41, 5.74) is 6.16. The van der Waals surface area contributed by atoms with Crippen molar-refractivity contribution in [2.75, 3.05) is 12.8 Å². The van der Waals surface area contributed by atoms with E-state index in [0.29, 0.717) is 29.5 Å². The average molecular weight is 294 g/mol. The minimum Gasteiger partial charge on any atom is -0.330 e. The van der Waals surface area contributed by atoms with Gasteiger partial charge in [0.1, 0.15) is 5.82 Å². The van der Waals surface area contributed by atoms with Gasteiger partial charge >= 0.3 is 0 Å². The molecule has 0 spiro atoms. The van der Waals surface area contributed by atoms with Gasteiger partial charge in [0.2, 0.25) is 0 Å². The van der Waals surface area contributed by atoms with E-state index in [9.17, 15) is 8.42 Å². The van der Waals surface area contributed by atoms with Gasteiger partial charge in [-0.1, -0.05) is 18.2 Å². The van der Waals surface area contributed by atoms with E-state index in [2.05, 4.69) is 15.2 Å². The first-order chi connectivity index (χ1) is 9.50. The molecule has 0 bridgehead atoms. The lowest BCUT2D eigenvalue weighted by Crippen LogP contribution is -2.04. The molecule has 2 aromatic rings. The van der Waals surface area contributed by atoms with Crippen LogP contribution < -0.4 is 5.73 Å². The molecular weight excluding hydrogens is 276 g/mol. The molecule has 0 aliphatic rings. The van der Waals surface area contributed by atoms with E-state index >= 15 is 0 Å². The molecule has 1 heterocycles. The van der Waals surface area contributed by atoms with Crippen molar-refractivity contribution in [3.8, 4) is 0 Å². The molecule has 0 aliphatic heterocycles. The molecule has 108 valence electrons. The molecular formula is C13H18N4O2S. The van der Waals surface area contributed by atoms with Crippen molar-refractivity contribution in [1.82, 2.24) is 15.2 Å². The third-order valence-corrected chi connectivity index (χ3v) is 4.11. The number of H-pyrrole nitrogens is 1. The molecule has 0 saturated carbocycles. The number of rotatable bonds is 6. The fraction of sp³-hybridized carbons (Fsp3) is 0.385. The average Bonchev–Trinajstić information content (AvgIpc) is 2.83. The summed E-state index contributed by atoms with van der Waals surface area (Å²) in [6, 6.07) is 6.93. The third-order valence-electron chi connectivity index (χ3n) is 2.91. The largest absolute Gasteiger partial charge is 0.330 e. The van der Waals surface area contributed by atoms with Gasteiger partial charge in [0.15, 0.2) is 15.7 Å². The highest BCUT2D eigenvalue weighted by atomic mass is 32.2. The van der Waals surface area contributed by atoms with Gasteiger partial charge in [-0.3, -0.25) is 5.10 Å². The van der Waals surface area contributed by atoms with Gasteiger partial charge < -0.3 is 5.73 Å². The molecule has 20 heavy (non-hydrogen) atoms. The first-order valence-corrected chi connectivity index (χ1v) is 8.28. The van der Waals surface area contributed by atoms with Crippen molar-refractivity contribution < 1.29 is 8.42 Å². The van der Waals surface area contributed by atoms with Gasteiger partial charge in [0.25, 0.3) is 0 Å². The Bertz CT molecular complexity index is 679. The second-order valence-corrected chi connectivity index (χ2v) is 6.63. The Morgan fingerprint density at radius 1 is 1.30 bits per heavy atom. The van der Waals surface area contributed by atoms with E-state index in [4.69, 9.17) is 5.73 Å². The number of aromatic nitrogens is 3. The lowest BCUT2D eigenvalue weighted by molar-refractivity contribution is 0.601. The normalized spacial score (nSPS) is 11.7. The number of sulfone groups is 1. The number of nitrogens with one attached hydrogen (secondary N) is 1. The van der Waals surface area contributed by atoms with E-state index < -0.39 is 9.84 Å². The third kappa shape index (κ3) is 3.64. The lowest BCUT2D eigenvalue weighted by Gasteiger charge is -2.05. The summed E-state index contributed by atoms with van der Waals surface area (Å²) in [6.45, 7) is 0.598. The number of aromatic amines is 1. The fourth-order valence-electron chi connectivity index (χ4n) is 1.98. The van der Waals surface area contributed by atoms with Crippen molar-refractivity contribution in [2.45, 2.75) is 24.2 Å². The number of hydrogen-bond acceptors (Lipinski definition) is 5. The second-order valence-electron chi connectivity index (χ2n) is 4.65. The molecule has 0 saturated heterocycles. The van der Waals surface area contributed by atoms with Gasteiger partial charge in [0, 0.05) is 19.1 Å². The summed E-state index contributed by atoms with van der Waals surface area (Å²) in [4.78, 5) is 4.68. The highest BCUT2D eigenvalue weighted by molar-refractivity contribution is 7.90. The van der Waals surface area contributed by atoms with Crippen LogP contribution in [0.25, 0.3) is 0 Å². The Hall–Kier alpha value is -1.73. The zero-order valence-electron chi connectivity index (χ0n) is 11.3. The minimum atomic E-state index is -3.24. The second kappa shape index (κ2) is 6.15. The van der Waals surface area contributed by atoms with E-state index in [-0.39, 0.29) is 0 Å². The highest BCUT2D eigenvalue weighted by Crippen LogP contribution is 2.17. The Morgan fingerprint density at radius 3 is 2.75 bits per heavy atom. The quantitative estimate of drug-likeness (QED) is 0.816. The lowest BCUT2D eigenvalue weighted by atomic mass is 10.1. The number of benzene rings is 1. The number of hydrogen-bond donors (Lipinski definition) is 2. The van der Waals surface area contributed by atoms with Gasteiger partial charge in [-0.25, -0.2) is 13.4 Å². The van der Waals surface area contributed by atoms with Crippen molar-refractivity contribution in [3.63, 3.8) is 0 Å². The maximum Gasteiger partial charge on any atom is 0.175 e. The molecule has 0 fully saturated rings. The summed E-state index contributed by atoms with van der Waals surface area (Å²) in [5, 5.41) is 6.95. The Morgan fingerprint density at radius 2 is 2.05 bits per heavy atom. The first-order valence-electron chi connectivity index (χ1n) is 6.39. The predicted molar refractivity (Wildman–Crippen MR) is 76.1 cm³/mol. The van der Waals surface area contributed by atoms with Crippen LogP contribution in [-0.2, 0) is 22.7 Å². The molecule has 2 rings (SSSR count). The van der Waals surface area contributed by atoms with Crippen LogP contribution in [0.1, 0.15) is 23.6 Å². The first kappa shape index (κ1) is 14.7. The maximum absolute atomic E-state index is 11.7. The molecule has 0 radical (unpaired) electrons. The zero-order valence-corrected chi connectivity index (χ0v) is 12.2. The van der Waals surface area contributed by atoms with Crippen LogP contribution in [0.3, 0.4) is 0 Å². The van der Waals surface area contributed by atoms with Crippen LogP contribution in [0, 0.1) is 0 Å². The predicted octanol–water partition coefficient (Wildman–Crippen LogP) is 0.690. The molecule has 0 unspecified atom stereocenters. The van der Waals surface area contributed by atoms with Crippen LogP contribution >= 0.6 is 0 Å². The van der Waals surface area contributed by atoms with Crippen LogP contribution in [-0.4, -0.2) is 36.4 Å². The fourth-order valence-corrected chi connectivity index (χ4v) is 2.92.